The van der Waals surface area contributed by atoms with Crippen molar-refractivity contribution in [3.8, 4) is 0 Å². The summed E-state index contributed by atoms with van der Waals surface area (Å²) in [5.41, 5.74) is 3.61. The largest absolute Gasteiger partial charge is 0.385 e. The first-order chi connectivity index (χ1) is 6.76. The number of aryl methyl sites for hydroxylation is 1. The summed E-state index contributed by atoms with van der Waals surface area (Å²) in [6, 6.07) is 6.36. The standard InChI is InChI=1S/C11H15N.C2H6.H2/c1-4-10-6-9(3)7-11(8-10)12-5-2;1-2;/h4,6-8,12H,1,5H2,2-3H3;1-2H3;1H. The third kappa shape index (κ3) is 4.13. The maximum atomic E-state index is 3.75. The van der Waals surface area contributed by atoms with Gasteiger partial charge in [0.05, 0.1) is 0 Å². The van der Waals surface area contributed by atoms with Crippen molar-refractivity contribution in [3.63, 3.8) is 0 Å². The van der Waals surface area contributed by atoms with Crippen LogP contribution in [0.5, 0.6) is 0 Å². The van der Waals surface area contributed by atoms with E-state index < -0.39 is 0 Å². The van der Waals surface area contributed by atoms with Crippen molar-refractivity contribution in [3.05, 3.63) is 35.9 Å². The van der Waals surface area contributed by atoms with Gasteiger partial charge in [-0.25, -0.2) is 0 Å². The van der Waals surface area contributed by atoms with Gasteiger partial charge < -0.3 is 5.32 Å². The quantitative estimate of drug-likeness (QED) is 0.753. The van der Waals surface area contributed by atoms with E-state index in [1.807, 2.05) is 19.9 Å². The Hall–Kier alpha value is -1.24. The average molecular weight is 193 g/mol. The number of anilines is 1. The molecule has 0 aliphatic heterocycles. The minimum Gasteiger partial charge on any atom is -0.385 e. The molecule has 0 spiro atoms. The van der Waals surface area contributed by atoms with Crippen LogP contribution in [-0.2, 0) is 0 Å². The smallest absolute Gasteiger partial charge is 0.0348 e. The van der Waals surface area contributed by atoms with Crippen LogP contribution in [0.25, 0.3) is 6.08 Å². The molecule has 0 unspecified atom stereocenters. The maximum Gasteiger partial charge on any atom is 0.0348 e. The Kier molecular flexibility index (Phi) is 6.55. The molecular formula is C13H23N. The molecule has 0 fully saturated rings. The molecule has 0 bridgehead atoms. The highest BCUT2D eigenvalue weighted by atomic mass is 14.8. The lowest BCUT2D eigenvalue weighted by atomic mass is 10.1. The fourth-order valence-corrected chi connectivity index (χ4v) is 1.24. The molecule has 1 heteroatoms. The predicted molar refractivity (Wildman–Crippen MR) is 68.9 cm³/mol. The van der Waals surface area contributed by atoms with Crippen LogP contribution in [0.2, 0.25) is 0 Å². The van der Waals surface area contributed by atoms with Gasteiger partial charge >= 0.3 is 0 Å². The normalized spacial score (nSPS) is 8.57. The second kappa shape index (κ2) is 7.19. The van der Waals surface area contributed by atoms with Crippen LogP contribution in [0.3, 0.4) is 0 Å². The molecule has 1 nitrogen and oxygen atoms in total. The Labute approximate surface area is 89.3 Å². The van der Waals surface area contributed by atoms with Crippen LogP contribution in [0.15, 0.2) is 24.8 Å². The van der Waals surface area contributed by atoms with Crippen molar-refractivity contribution in [1.29, 1.82) is 0 Å². The summed E-state index contributed by atoms with van der Waals surface area (Å²) >= 11 is 0. The molecule has 0 amide bonds. The van der Waals surface area contributed by atoms with E-state index in [-0.39, 0.29) is 1.43 Å². The van der Waals surface area contributed by atoms with Gasteiger partial charge in [-0.1, -0.05) is 32.6 Å². The zero-order valence-corrected chi connectivity index (χ0v) is 9.72. The molecule has 0 aliphatic carbocycles. The van der Waals surface area contributed by atoms with E-state index in [2.05, 4.69) is 43.9 Å². The van der Waals surface area contributed by atoms with Gasteiger partial charge in [-0.2, -0.15) is 0 Å². The van der Waals surface area contributed by atoms with Crippen molar-refractivity contribution >= 4 is 11.8 Å². The zero-order valence-electron chi connectivity index (χ0n) is 9.72. The molecule has 0 atom stereocenters. The van der Waals surface area contributed by atoms with Gasteiger partial charge in [0.25, 0.3) is 0 Å². The van der Waals surface area contributed by atoms with Crippen molar-refractivity contribution in [2.75, 3.05) is 11.9 Å². The van der Waals surface area contributed by atoms with E-state index in [0.717, 1.165) is 6.54 Å². The molecular weight excluding hydrogens is 170 g/mol. The fraction of sp³-hybridized carbons (Fsp3) is 0.385. The van der Waals surface area contributed by atoms with Crippen LogP contribution in [0, 0.1) is 6.92 Å². The molecule has 80 valence electrons. The van der Waals surface area contributed by atoms with Crippen molar-refractivity contribution < 1.29 is 1.43 Å². The Morgan fingerprint density at radius 1 is 1.36 bits per heavy atom. The molecule has 1 aromatic carbocycles. The minimum atomic E-state index is 0. The van der Waals surface area contributed by atoms with Crippen LogP contribution in [0.4, 0.5) is 5.69 Å². The molecule has 0 aromatic heterocycles. The van der Waals surface area contributed by atoms with E-state index in [1.165, 1.54) is 16.8 Å². The SMILES string of the molecule is C=Cc1cc(C)cc(NCC)c1.CC.[HH]. The van der Waals surface area contributed by atoms with E-state index >= 15 is 0 Å². The Bertz CT molecular complexity index is 282. The first kappa shape index (κ1) is 12.8. The Balaban J connectivity index is 0. The van der Waals surface area contributed by atoms with Crippen LogP contribution >= 0.6 is 0 Å². The summed E-state index contributed by atoms with van der Waals surface area (Å²) in [7, 11) is 0. The van der Waals surface area contributed by atoms with Gasteiger partial charge in [-0.05, 0) is 37.1 Å². The molecule has 0 saturated carbocycles. The molecule has 0 heterocycles. The summed E-state index contributed by atoms with van der Waals surface area (Å²) < 4.78 is 0. The first-order valence-corrected chi connectivity index (χ1v) is 5.24. The van der Waals surface area contributed by atoms with Crippen molar-refractivity contribution in [1.82, 2.24) is 0 Å². The van der Waals surface area contributed by atoms with E-state index in [1.54, 1.807) is 0 Å². The summed E-state index contributed by atoms with van der Waals surface area (Å²) in [6.45, 7) is 12.9. The maximum absolute atomic E-state index is 3.75. The predicted octanol–water partition coefficient (Wildman–Crippen LogP) is 4.34. The van der Waals surface area contributed by atoms with Gasteiger partial charge in [0, 0.05) is 13.7 Å². The van der Waals surface area contributed by atoms with Gasteiger partial charge in [-0.3, -0.25) is 0 Å². The number of rotatable bonds is 3. The molecule has 0 aliphatic rings. The Morgan fingerprint density at radius 3 is 2.50 bits per heavy atom. The number of hydrogen-bond donors (Lipinski definition) is 1. The minimum absolute atomic E-state index is 0. The Morgan fingerprint density at radius 2 is 2.00 bits per heavy atom. The van der Waals surface area contributed by atoms with Gasteiger partial charge in [0.15, 0.2) is 0 Å². The van der Waals surface area contributed by atoms with Gasteiger partial charge in [-0.15, -0.1) is 0 Å². The fourth-order valence-electron chi connectivity index (χ4n) is 1.24. The molecule has 1 aromatic rings. The molecule has 0 saturated heterocycles. The third-order valence-electron chi connectivity index (χ3n) is 1.72. The number of benzene rings is 1. The lowest BCUT2D eigenvalue weighted by Gasteiger charge is -2.05. The summed E-state index contributed by atoms with van der Waals surface area (Å²) in [6.07, 6.45) is 1.87. The highest BCUT2D eigenvalue weighted by molar-refractivity contribution is 5.57. The second-order valence-corrected chi connectivity index (χ2v) is 2.87. The van der Waals surface area contributed by atoms with E-state index in [0.29, 0.717) is 0 Å². The molecule has 1 rings (SSSR count). The topological polar surface area (TPSA) is 12.0 Å². The monoisotopic (exact) mass is 193 g/mol. The second-order valence-electron chi connectivity index (χ2n) is 2.87. The zero-order chi connectivity index (χ0) is 11.0. The van der Waals surface area contributed by atoms with Crippen molar-refractivity contribution in [2.45, 2.75) is 27.7 Å². The highest BCUT2D eigenvalue weighted by Crippen LogP contribution is 2.14. The lowest BCUT2D eigenvalue weighted by Crippen LogP contribution is -1.96. The van der Waals surface area contributed by atoms with E-state index in [9.17, 15) is 0 Å². The number of nitrogens with one attached hydrogen (secondary N) is 1. The summed E-state index contributed by atoms with van der Waals surface area (Å²) in [4.78, 5) is 0. The van der Waals surface area contributed by atoms with Gasteiger partial charge in [0.2, 0.25) is 0 Å². The molecule has 14 heavy (non-hydrogen) atoms. The summed E-state index contributed by atoms with van der Waals surface area (Å²) in [5, 5.41) is 3.28. The van der Waals surface area contributed by atoms with Crippen LogP contribution < -0.4 is 5.32 Å². The summed E-state index contributed by atoms with van der Waals surface area (Å²) in [5.74, 6) is 0. The molecule has 1 N–H and O–H groups in total. The number of hydrogen-bond acceptors (Lipinski definition) is 1. The highest BCUT2D eigenvalue weighted by Gasteiger charge is 1.93. The van der Waals surface area contributed by atoms with E-state index in [4.69, 9.17) is 0 Å². The van der Waals surface area contributed by atoms with Crippen LogP contribution in [-0.4, -0.2) is 6.54 Å². The average Bonchev–Trinajstić information content (AvgIpc) is 2.20. The van der Waals surface area contributed by atoms with Gasteiger partial charge in [0.1, 0.15) is 0 Å². The lowest BCUT2D eigenvalue weighted by molar-refractivity contribution is 1.21. The van der Waals surface area contributed by atoms with Crippen molar-refractivity contribution in [2.24, 2.45) is 0 Å². The van der Waals surface area contributed by atoms with Crippen LogP contribution in [0.1, 0.15) is 33.3 Å². The first-order valence-electron chi connectivity index (χ1n) is 5.24. The molecule has 0 radical (unpaired) electrons. The third-order valence-corrected chi connectivity index (χ3v) is 1.72.